The first-order valence-corrected chi connectivity index (χ1v) is 16.0. The smallest absolute Gasteiger partial charge is 0.244 e. The number of rotatable bonds is 10. The fourth-order valence-electron chi connectivity index (χ4n) is 7.78. The molecule has 0 aromatic heterocycles. The predicted octanol–water partition coefficient (Wildman–Crippen LogP) is 4.36. The van der Waals surface area contributed by atoms with E-state index in [2.05, 4.69) is 17.6 Å². The van der Waals surface area contributed by atoms with Crippen molar-refractivity contribution in [3.63, 3.8) is 0 Å². The molecule has 40 heavy (non-hydrogen) atoms. The van der Waals surface area contributed by atoms with Gasteiger partial charge in [-0.05, 0) is 69.7 Å². The Balaban J connectivity index is 1.48. The molecule has 4 fully saturated rings. The van der Waals surface area contributed by atoms with E-state index in [1.807, 2.05) is 45.0 Å². The highest BCUT2D eigenvalue weighted by Crippen LogP contribution is 2.71. The van der Waals surface area contributed by atoms with Crippen molar-refractivity contribution in [3.05, 3.63) is 24.3 Å². The maximum absolute atomic E-state index is 14.5. The molecule has 3 saturated heterocycles. The maximum atomic E-state index is 14.5. The number of fused-ring (bicyclic) bond motifs is 1. The van der Waals surface area contributed by atoms with Gasteiger partial charge in [0.25, 0.3) is 0 Å². The number of aliphatic hydroxyl groups excluding tert-OH is 1. The summed E-state index contributed by atoms with van der Waals surface area (Å²) >= 11 is 1.68. The largest absolute Gasteiger partial charge is 0.494 e. The Morgan fingerprint density at radius 3 is 2.45 bits per heavy atom. The summed E-state index contributed by atoms with van der Waals surface area (Å²) in [6.07, 6.45) is 7.53. The molecule has 1 aromatic rings. The lowest BCUT2D eigenvalue weighted by Gasteiger charge is -2.40. The SMILES string of the molecule is CCOc1ccc(NC(=O)[C@H]2[C@H]3C(=O)N([C@@H](CO)[C@@H](C)CC)C(C(=O)NC4CCCCC4)C34CC[C@]2(C)S4)cc1. The second-order valence-corrected chi connectivity index (χ2v) is 14.3. The number of thioether (sulfide) groups is 1. The van der Waals surface area contributed by atoms with E-state index in [0.717, 1.165) is 44.3 Å². The third kappa shape index (κ3) is 4.91. The zero-order valence-corrected chi connectivity index (χ0v) is 25.1. The van der Waals surface area contributed by atoms with Crippen molar-refractivity contribution in [2.45, 2.75) is 107 Å². The van der Waals surface area contributed by atoms with Crippen LogP contribution < -0.4 is 15.4 Å². The number of ether oxygens (including phenoxy) is 1. The molecule has 220 valence electrons. The van der Waals surface area contributed by atoms with Crippen molar-refractivity contribution in [2.24, 2.45) is 17.8 Å². The van der Waals surface area contributed by atoms with E-state index < -0.39 is 33.4 Å². The predicted molar refractivity (Wildman–Crippen MR) is 157 cm³/mol. The van der Waals surface area contributed by atoms with Gasteiger partial charge in [-0.1, -0.05) is 39.5 Å². The number of nitrogens with zero attached hydrogens (tertiary/aromatic N) is 1. The quantitative estimate of drug-likeness (QED) is 0.385. The number of amides is 3. The first kappa shape index (κ1) is 29.2. The molecule has 2 unspecified atom stereocenters. The van der Waals surface area contributed by atoms with Gasteiger partial charge in [0.15, 0.2) is 0 Å². The van der Waals surface area contributed by atoms with Crippen molar-refractivity contribution in [1.29, 1.82) is 0 Å². The van der Waals surface area contributed by atoms with Gasteiger partial charge in [-0.15, -0.1) is 11.8 Å². The summed E-state index contributed by atoms with van der Waals surface area (Å²) in [4.78, 5) is 44.3. The van der Waals surface area contributed by atoms with Gasteiger partial charge in [0.05, 0.1) is 35.8 Å². The number of carbonyl (C=O) groups excluding carboxylic acids is 3. The van der Waals surface area contributed by atoms with Crippen LogP contribution in [0.3, 0.4) is 0 Å². The van der Waals surface area contributed by atoms with Crippen LogP contribution in [0, 0.1) is 17.8 Å². The average molecular weight is 572 g/mol. The number of benzene rings is 1. The lowest BCUT2D eigenvalue weighted by molar-refractivity contribution is -0.144. The minimum atomic E-state index is -0.701. The van der Waals surface area contributed by atoms with E-state index in [0.29, 0.717) is 18.7 Å². The van der Waals surface area contributed by atoms with Crippen LogP contribution in [0.15, 0.2) is 24.3 Å². The first-order chi connectivity index (χ1) is 19.2. The fraction of sp³-hybridized carbons (Fsp3) is 0.710. The highest BCUT2D eigenvalue weighted by atomic mass is 32.2. The Kier molecular flexibility index (Phi) is 8.44. The molecular weight excluding hydrogens is 526 g/mol. The summed E-state index contributed by atoms with van der Waals surface area (Å²) in [7, 11) is 0. The van der Waals surface area contributed by atoms with Gasteiger partial charge < -0.3 is 25.4 Å². The number of hydrogen-bond acceptors (Lipinski definition) is 6. The molecule has 1 saturated carbocycles. The van der Waals surface area contributed by atoms with Crippen molar-refractivity contribution in [2.75, 3.05) is 18.5 Å². The second-order valence-electron chi connectivity index (χ2n) is 12.4. The molecule has 1 spiro atoms. The summed E-state index contributed by atoms with van der Waals surface area (Å²) in [6, 6.07) is 6.22. The molecular formula is C31H45N3O5S. The highest BCUT2D eigenvalue weighted by Gasteiger charge is 2.77. The summed E-state index contributed by atoms with van der Waals surface area (Å²) < 4.78 is 4.39. The van der Waals surface area contributed by atoms with Crippen molar-refractivity contribution >= 4 is 35.2 Å². The van der Waals surface area contributed by atoms with Gasteiger partial charge in [0, 0.05) is 16.5 Å². The van der Waals surface area contributed by atoms with Crippen molar-refractivity contribution in [3.8, 4) is 5.75 Å². The topological polar surface area (TPSA) is 108 Å². The number of carbonyl (C=O) groups is 3. The summed E-state index contributed by atoms with van der Waals surface area (Å²) in [5, 5.41) is 16.9. The summed E-state index contributed by atoms with van der Waals surface area (Å²) in [6.45, 7) is 8.43. The third-order valence-electron chi connectivity index (χ3n) is 9.97. The van der Waals surface area contributed by atoms with E-state index in [1.54, 1.807) is 16.7 Å². The Hall–Kier alpha value is -2.26. The Morgan fingerprint density at radius 1 is 1.12 bits per heavy atom. The van der Waals surface area contributed by atoms with E-state index >= 15 is 0 Å². The van der Waals surface area contributed by atoms with E-state index in [4.69, 9.17) is 4.74 Å². The molecule has 1 aliphatic carbocycles. The summed E-state index contributed by atoms with van der Waals surface area (Å²) in [5.41, 5.74) is 0.653. The molecule has 8 nitrogen and oxygen atoms in total. The second kappa shape index (κ2) is 11.6. The monoisotopic (exact) mass is 571 g/mol. The molecule has 3 aliphatic heterocycles. The Labute approximate surface area is 242 Å². The number of anilines is 1. The normalized spacial score (nSPS) is 33.0. The van der Waals surface area contributed by atoms with Crippen molar-refractivity contribution in [1.82, 2.24) is 10.2 Å². The molecule has 5 rings (SSSR count). The van der Waals surface area contributed by atoms with Crippen LogP contribution in [0.2, 0.25) is 0 Å². The first-order valence-electron chi connectivity index (χ1n) is 15.2. The van der Waals surface area contributed by atoms with E-state index in [1.165, 1.54) is 6.42 Å². The molecule has 4 aliphatic rings. The zero-order chi connectivity index (χ0) is 28.7. The van der Waals surface area contributed by atoms with Crippen LogP contribution in [0.5, 0.6) is 5.75 Å². The number of likely N-dealkylation sites (tertiary alicyclic amines) is 1. The molecule has 3 amide bonds. The lowest BCUT2D eigenvalue weighted by Crippen LogP contribution is -2.59. The minimum absolute atomic E-state index is 0.0167. The van der Waals surface area contributed by atoms with Crippen LogP contribution in [0.25, 0.3) is 0 Å². The van der Waals surface area contributed by atoms with Gasteiger partial charge in [-0.2, -0.15) is 0 Å². The van der Waals surface area contributed by atoms with Crippen LogP contribution in [0.1, 0.15) is 79.1 Å². The third-order valence-corrected chi connectivity index (χ3v) is 12.0. The molecule has 7 atom stereocenters. The molecule has 3 N–H and O–H groups in total. The highest BCUT2D eigenvalue weighted by molar-refractivity contribution is 8.02. The Morgan fingerprint density at radius 2 is 1.82 bits per heavy atom. The summed E-state index contributed by atoms with van der Waals surface area (Å²) in [5.74, 6) is -0.898. The maximum Gasteiger partial charge on any atom is 0.244 e. The van der Waals surface area contributed by atoms with Crippen molar-refractivity contribution < 1.29 is 24.2 Å². The fourth-order valence-corrected chi connectivity index (χ4v) is 10.1. The van der Waals surface area contributed by atoms with Crippen LogP contribution in [0.4, 0.5) is 5.69 Å². The van der Waals surface area contributed by atoms with Gasteiger partial charge in [-0.25, -0.2) is 0 Å². The van der Waals surface area contributed by atoms with Crippen LogP contribution in [-0.4, -0.2) is 68.6 Å². The average Bonchev–Trinajstić information content (AvgIpc) is 3.51. The molecule has 3 heterocycles. The number of hydrogen-bond donors (Lipinski definition) is 3. The van der Waals surface area contributed by atoms with Gasteiger partial charge in [-0.3, -0.25) is 14.4 Å². The minimum Gasteiger partial charge on any atom is -0.494 e. The standard InChI is InChI=1S/C31H45N3O5S/c1-5-19(3)23(18-35)34-26(28(37)33-20-10-8-7-9-11-20)31-17-16-30(4,40-31)24(25(31)29(34)38)27(36)32-21-12-14-22(15-13-21)39-6-2/h12-15,19-20,23-26,35H,5-11,16-18H2,1-4H3,(H,32,36)(H,33,37)/t19-,23-,24+,25-,26?,30-,31?/m0/s1. The van der Waals surface area contributed by atoms with E-state index in [-0.39, 0.29) is 36.3 Å². The molecule has 1 aromatic carbocycles. The lowest BCUT2D eigenvalue weighted by atomic mass is 9.66. The molecule has 9 heteroatoms. The number of nitrogens with one attached hydrogen (secondary N) is 2. The number of aliphatic hydroxyl groups is 1. The van der Waals surface area contributed by atoms with Gasteiger partial charge in [0.1, 0.15) is 11.8 Å². The van der Waals surface area contributed by atoms with Gasteiger partial charge >= 0.3 is 0 Å². The van der Waals surface area contributed by atoms with Crippen LogP contribution in [-0.2, 0) is 14.4 Å². The Bertz CT molecular complexity index is 1110. The zero-order valence-electron chi connectivity index (χ0n) is 24.3. The van der Waals surface area contributed by atoms with Gasteiger partial charge in [0.2, 0.25) is 17.7 Å². The molecule has 0 radical (unpaired) electrons. The van der Waals surface area contributed by atoms with E-state index in [9.17, 15) is 19.5 Å². The van der Waals surface area contributed by atoms with Crippen LogP contribution >= 0.6 is 11.8 Å². The molecule has 2 bridgehead atoms.